The highest BCUT2D eigenvalue weighted by molar-refractivity contribution is 9.10. The molecule has 1 rings (SSSR count). The Hall–Kier alpha value is -0.320. The van der Waals surface area contributed by atoms with E-state index in [-0.39, 0.29) is 0 Å². The van der Waals surface area contributed by atoms with E-state index in [0.717, 1.165) is 23.1 Å². The fourth-order valence-electron chi connectivity index (χ4n) is 1.33. The standard InChI is InChI=1S/C12H16BrClN2S/c1-2-3-4-7-15-12(17)16-9-5-6-10(13)11(14)8-9/h5-6,8H,2-4,7H2,1H3,(H2,15,16,17). The number of anilines is 1. The summed E-state index contributed by atoms with van der Waals surface area (Å²) in [7, 11) is 0. The van der Waals surface area contributed by atoms with Crippen LogP contribution in [0, 0.1) is 0 Å². The average molecular weight is 336 g/mol. The second-order valence-corrected chi connectivity index (χ2v) is 5.39. The second kappa shape index (κ2) is 7.90. The summed E-state index contributed by atoms with van der Waals surface area (Å²) in [4.78, 5) is 0. The molecule has 0 aromatic heterocycles. The quantitative estimate of drug-likeness (QED) is 0.608. The minimum atomic E-state index is 0.638. The van der Waals surface area contributed by atoms with Crippen molar-refractivity contribution >= 4 is 50.5 Å². The van der Waals surface area contributed by atoms with E-state index in [1.54, 1.807) is 0 Å². The van der Waals surface area contributed by atoms with Crippen molar-refractivity contribution in [1.29, 1.82) is 0 Å². The molecule has 0 amide bonds. The maximum atomic E-state index is 5.99. The Kier molecular flexibility index (Phi) is 6.85. The number of hydrogen-bond donors (Lipinski definition) is 2. The maximum absolute atomic E-state index is 5.99. The number of hydrogen-bond acceptors (Lipinski definition) is 1. The van der Waals surface area contributed by atoms with Gasteiger partial charge in [-0.15, -0.1) is 0 Å². The van der Waals surface area contributed by atoms with Crippen molar-refractivity contribution in [3.8, 4) is 0 Å². The fraction of sp³-hybridized carbons (Fsp3) is 0.417. The molecule has 0 aliphatic rings. The minimum Gasteiger partial charge on any atom is -0.362 e. The molecule has 0 saturated carbocycles. The predicted molar refractivity (Wildman–Crippen MR) is 82.9 cm³/mol. The van der Waals surface area contributed by atoms with Crippen molar-refractivity contribution < 1.29 is 0 Å². The van der Waals surface area contributed by atoms with Crippen LogP contribution in [0.3, 0.4) is 0 Å². The van der Waals surface area contributed by atoms with Gasteiger partial charge in [0.2, 0.25) is 0 Å². The van der Waals surface area contributed by atoms with Gasteiger partial charge in [0.25, 0.3) is 0 Å². The lowest BCUT2D eigenvalue weighted by Gasteiger charge is -2.10. The molecule has 0 aliphatic carbocycles. The Balaban J connectivity index is 2.37. The first-order chi connectivity index (χ1) is 8.13. The number of halogens is 2. The normalized spacial score (nSPS) is 10.1. The van der Waals surface area contributed by atoms with Gasteiger partial charge in [-0.25, -0.2) is 0 Å². The molecule has 0 spiro atoms. The maximum Gasteiger partial charge on any atom is 0.170 e. The summed E-state index contributed by atoms with van der Waals surface area (Å²) >= 11 is 14.5. The summed E-state index contributed by atoms with van der Waals surface area (Å²) in [6.45, 7) is 3.09. The third kappa shape index (κ3) is 5.70. The van der Waals surface area contributed by atoms with Crippen LogP contribution in [0.5, 0.6) is 0 Å². The molecule has 0 saturated heterocycles. The molecule has 0 bridgehead atoms. The number of unbranched alkanes of at least 4 members (excludes halogenated alkanes) is 2. The van der Waals surface area contributed by atoms with Crippen LogP contribution in [0.1, 0.15) is 26.2 Å². The van der Waals surface area contributed by atoms with E-state index in [1.165, 1.54) is 12.8 Å². The largest absolute Gasteiger partial charge is 0.362 e. The highest BCUT2D eigenvalue weighted by Crippen LogP contribution is 2.25. The van der Waals surface area contributed by atoms with Gasteiger partial charge >= 0.3 is 0 Å². The smallest absolute Gasteiger partial charge is 0.170 e. The molecule has 1 aromatic rings. The van der Waals surface area contributed by atoms with Gasteiger partial charge in [0.15, 0.2) is 5.11 Å². The van der Waals surface area contributed by atoms with E-state index in [2.05, 4.69) is 33.5 Å². The van der Waals surface area contributed by atoms with E-state index in [4.69, 9.17) is 23.8 Å². The molecule has 94 valence electrons. The van der Waals surface area contributed by atoms with Gasteiger partial charge in [0.1, 0.15) is 0 Å². The van der Waals surface area contributed by atoms with Crippen LogP contribution in [0.15, 0.2) is 22.7 Å². The van der Waals surface area contributed by atoms with E-state index < -0.39 is 0 Å². The van der Waals surface area contributed by atoms with E-state index in [0.29, 0.717) is 10.1 Å². The van der Waals surface area contributed by atoms with Crippen LogP contribution in [0.2, 0.25) is 5.02 Å². The average Bonchev–Trinajstić information content (AvgIpc) is 2.30. The molecule has 0 heterocycles. The van der Waals surface area contributed by atoms with Crippen LogP contribution in [0.25, 0.3) is 0 Å². The minimum absolute atomic E-state index is 0.638. The van der Waals surface area contributed by atoms with Gasteiger partial charge in [0, 0.05) is 16.7 Å². The molecule has 0 radical (unpaired) electrons. The lowest BCUT2D eigenvalue weighted by molar-refractivity contribution is 0.698. The van der Waals surface area contributed by atoms with Crippen molar-refractivity contribution in [2.75, 3.05) is 11.9 Å². The summed E-state index contributed by atoms with van der Waals surface area (Å²) in [5.41, 5.74) is 0.895. The van der Waals surface area contributed by atoms with Crippen molar-refractivity contribution in [2.45, 2.75) is 26.2 Å². The van der Waals surface area contributed by atoms with Crippen molar-refractivity contribution in [1.82, 2.24) is 5.32 Å². The SMILES string of the molecule is CCCCCNC(=S)Nc1ccc(Br)c(Cl)c1. The van der Waals surface area contributed by atoms with E-state index >= 15 is 0 Å². The number of thiocarbonyl (C=S) groups is 1. The molecule has 0 fully saturated rings. The fourth-order valence-corrected chi connectivity index (χ4v) is 1.97. The molecule has 17 heavy (non-hydrogen) atoms. The zero-order chi connectivity index (χ0) is 12.7. The van der Waals surface area contributed by atoms with Crippen LogP contribution in [-0.2, 0) is 0 Å². The first kappa shape index (κ1) is 14.7. The first-order valence-electron chi connectivity index (χ1n) is 5.63. The van der Waals surface area contributed by atoms with Gasteiger partial charge in [-0.1, -0.05) is 31.4 Å². The third-order valence-corrected chi connectivity index (χ3v) is 3.72. The zero-order valence-corrected chi connectivity index (χ0v) is 12.9. The molecular weight excluding hydrogens is 320 g/mol. The van der Waals surface area contributed by atoms with Crippen LogP contribution in [0.4, 0.5) is 5.69 Å². The lowest BCUT2D eigenvalue weighted by Crippen LogP contribution is -2.29. The van der Waals surface area contributed by atoms with Crippen molar-refractivity contribution in [2.24, 2.45) is 0 Å². The van der Waals surface area contributed by atoms with Gasteiger partial charge in [0.05, 0.1) is 5.02 Å². The molecule has 2 nitrogen and oxygen atoms in total. The topological polar surface area (TPSA) is 24.1 Å². The summed E-state index contributed by atoms with van der Waals surface area (Å²) in [5.74, 6) is 0. The molecule has 5 heteroatoms. The Morgan fingerprint density at radius 1 is 1.41 bits per heavy atom. The van der Waals surface area contributed by atoms with Gasteiger partial charge in [-0.05, 0) is 52.8 Å². The highest BCUT2D eigenvalue weighted by atomic mass is 79.9. The molecule has 0 aliphatic heterocycles. The second-order valence-electron chi connectivity index (χ2n) is 3.72. The van der Waals surface area contributed by atoms with Crippen LogP contribution < -0.4 is 10.6 Å². The van der Waals surface area contributed by atoms with Crippen LogP contribution >= 0.6 is 39.7 Å². The summed E-state index contributed by atoms with van der Waals surface area (Å²) in [5, 5.41) is 7.58. The summed E-state index contributed by atoms with van der Waals surface area (Å²) in [6.07, 6.45) is 3.57. The highest BCUT2D eigenvalue weighted by Gasteiger charge is 2.00. The molecule has 2 N–H and O–H groups in total. The first-order valence-corrected chi connectivity index (χ1v) is 7.21. The lowest BCUT2D eigenvalue weighted by atomic mass is 10.2. The Bertz CT molecular complexity index is 385. The summed E-state index contributed by atoms with van der Waals surface area (Å²) in [6, 6.07) is 5.66. The Morgan fingerprint density at radius 3 is 2.82 bits per heavy atom. The van der Waals surface area contributed by atoms with Gasteiger partial charge in [-0.3, -0.25) is 0 Å². The number of rotatable bonds is 5. The van der Waals surface area contributed by atoms with Crippen LogP contribution in [-0.4, -0.2) is 11.7 Å². The Morgan fingerprint density at radius 2 is 2.18 bits per heavy atom. The predicted octanol–water partition coefficient (Wildman–Crippen LogP) is 4.58. The molecule has 1 aromatic carbocycles. The van der Waals surface area contributed by atoms with E-state index in [1.807, 2.05) is 18.2 Å². The van der Waals surface area contributed by atoms with Gasteiger partial charge in [-0.2, -0.15) is 0 Å². The van der Waals surface area contributed by atoms with Gasteiger partial charge < -0.3 is 10.6 Å². The number of benzene rings is 1. The third-order valence-electron chi connectivity index (χ3n) is 2.24. The van der Waals surface area contributed by atoms with Crippen molar-refractivity contribution in [3.63, 3.8) is 0 Å². The summed E-state index contributed by atoms with van der Waals surface area (Å²) < 4.78 is 0.881. The van der Waals surface area contributed by atoms with Crippen molar-refractivity contribution in [3.05, 3.63) is 27.7 Å². The molecule has 0 unspecified atom stereocenters. The number of nitrogens with one attached hydrogen (secondary N) is 2. The zero-order valence-electron chi connectivity index (χ0n) is 9.72. The Labute approximate surface area is 121 Å². The molecule has 0 atom stereocenters. The molecular formula is C12H16BrClN2S. The monoisotopic (exact) mass is 334 g/mol. The van der Waals surface area contributed by atoms with E-state index in [9.17, 15) is 0 Å².